The number of rotatable bonds is 7. The number of carbonyl (C=O) groups is 3. The Morgan fingerprint density at radius 3 is 2.55 bits per heavy atom. The fraction of sp³-hybridized carbons (Fsp3) is 0.559. The summed E-state index contributed by atoms with van der Waals surface area (Å²) in [6, 6.07) is 13.2. The molecule has 2 fully saturated rings. The molecule has 3 aliphatic heterocycles. The molecule has 5 rings (SSSR count). The summed E-state index contributed by atoms with van der Waals surface area (Å²) in [7, 11) is 0. The Labute approximate surface area is 265 Å². The van der Waals surface area contributed by atoms with Crippen LogP contribution in [0.2, 0.25) is 5.02 Å². The van der Waals surface area contributed by atoms with Crippen molar-refractivity contribution in [1.82, 2.24) is 15.1 Å². The highest BCUT2D eigenvalue weighted by atomic mass is 35.5. The topological polar surface area (TPSA) is 91.4 Å². The van der Waals surface area contributed by atoms with Crippen molar-refractivity contribution < 1.29 is 23.9 Å². The molecule has 1 atom stereocenters. The molecule has 0 bridgehead atoms. The molecule has 10 heteroatoms. The molecule has 0 radical (unpaired) electrons. The Morgan fingerprint density at radius 1 is 1.07 bits per heavy atom. The van der Waals surface area contributed by atoms with Gasteiger partial charge in [0.05, 0.1) is 5.69 Å². The van der Waals surface area contributed by atoms with Crippen LogP contribution >= 0.6 is 11.6 Å². The number of fused-ring (bicyclic) bond motifs is 1. The molecule has 1 unspecified atom stereocenters. The minimum Gasteiger partial charge on any atom is -0.482 e. The van der Waals surface area contributed by atoms with E-state index in [-0.39, 0.29) is 24.3 Å². The van der Waals surface area contributed by atoms with Crippen LogP contribution in [0.4, 0.5) is 10.5 Å². The van der Waals surface area contributed by atoms with Gasteiger partial charge in [-0.15, -0.1) is 0 Å². The van der Waals surface area contributed by atoms with Crippen LogP contribution in [0, 0.1) is 0 Å². The molecule has 3 aliphatic rings. The lowest BCUT2D eigenvalue weighted by Crippen LogP contribution is -2.64. The number of likely N-dealkylation sites (tertiary alicyclic amines) is 2. The van der Waals surface area contributed by atoms with Gasteiger partial charge < -0.3 is 24.6 Å². The Kier molecular flexibility index (Phi) is 9.75. The van der Waals surface area contributed by atoms with E-state index in [1.807, 2.05) is 69.0 Å². The first-order chi connectivity index (χ1) is 21.0. The SMILES string of the molecule is CCC1(NC(=O)c2cc(Cl)ccc2C2CCN(CCN3C(=O)COc4ccccc43)CC2)CCCCN1C(=O)OC(C)(C)C. The maximum Gasteiger partial charge on any atom is 0.412 e. The number of amides is 3. The van der Waals surface area contributed by atoms with Crippen molar-refractivity contribution in [2.24, 2.45) is 0 Å². The van der Waals surface area contributed by atoms with Crippen molar-refractivity contribution in [3.8, 4) is 5.75 Å². The minimum atomic E-state index is -0.823. The number of anilines is 1. The van der Waals surface area contributed by atoms with E-state index in [4.69, 9.17) is 21.1 Å². The van der Waals surface area contributed by atoms with E-state index in [0.717, 1.165) is 62.3 Å². The summed E-state index contributed by atoms with van der Waals surface area (Å²) in [5.74, 6) is 0.697. The smallest absolute Gasteiger partial charge is 0.412 e. The van der Waals surface area contributed by atoms with E-state index < -0.39 is 17.4 Å². The monoisotopic (exact) mass is 624 g/mol. The molecule has 1 N–H and O–H groups in total. The van der Waals surface area contributed by atoms with Crippen LogP contribution in [0.25, 0.3) is 0 Å². The number of benzene rings is 2. The molecule has 2 aromatic carbocycles. The molecule has 3 amide bonds. The van der Waals surface area contributed by atoms with Crippen LogP contribution in [0.15, 0.2) is 42.5 Å². The summed E-state index contributed by atoms with van der Waals surface area (Å²) < 4.78 is 11.3. The lowest BCUT2D eigenvalue weighted by atomic mass is 9.85. The zero-order valence-corrected chi connectivity index (χ0v) is 27.1. The Morgan fingerprint density at radius 2 is 1.82 bits per heavy atom. The number of hydrogen-bond donors (Lipinski definition) is 1. The summed E-state index contributed by atoms with van der Waals surface area (Å²) in [6.07, 6.45) is 4.39. The normalized spacial score (nSPS) is 21.4. The number of hydrogen-bond acceptors (Lipinski definition) is 6. The quantitative estimate of drug-likeness (QED) is 0.394. The van der Waals surface area contributed by atoms with E-state index in [0.29, 0.717) is 36.5 Å². The van der Waals surface area contributed by atoms with Crippen LogP contribution in [-0.4, -0.2) is 78.3 Å². The molecule has 3 heterocycles. The summed E-state index contributed by atoms with van der Waals surface area (Å²) in [6.45, 7) is 11.2. The third kappa shape index (κ3) is 7.15. The fourth-order valence-electron chi connectivity index (χ4n) is 6.67. The number of para-hydroxylation sites is 2. The molecule has 9 nitrogen and oxygen atoms in total. The molecule has 0 spiro atoms. The van der Waals surface area contributed by atoms with Crippen LogP contribution < -0.4 is 15.0 Å². The number of piperidine rings is 2. The van der Waals surface area contributed by atoms with Gasteiger partial charge in [-0.3, -0.25) is 14.5 Å². The first-order valence-electron chi connectivity index (χ1n) is 15.9. The highest BCUT2D eigenvalue weighted by molar-refractivity contribution is 6.31. The zero-order chi connectivity index (χ0) is 31.5. The van der Waals surface area contributed by atoms with Crippen LogP contribution in [0.5, 0.6) is 5.75 Å². The largest absolute Gasteiger partial charge is 0.482 e. The molecule has 0 aliphatic carbocycles. The number of carbonyl (C=O) groups excluding carboxylic acids is 3. The highest BCUT2D eigenvalue weighted by Gasteiger charge is 2.44. The van der Waals surface area contributed by atoms with Gasteiger partial charge in [-0.1, -0.05) is 36.7 Å². The van der Waals surface area contributed by atoms with Crippen LogP contribution in [-0.2, 0) is 9.53 Å². The van der Waals surface area contributed by atoms with E-state index in [1.54, 1.807) is 11.0 Å². The average Bonchev–Trinajstić information content (AvgIpc) is 3.00. The molecular weight excluding hydrogens is 580 g/mol. The van der Waals surface area contributed by atoms with Gasteiger partial charge in [-0.2, -0.15) is 0 Å². The third-order valence-electron chi connectivity index (χ3n) is 9.02. The molecule has 0 aromatic heterocycles. The van der Waals surface area contributed by atoms with Crippen molar-refractivity contribution in [2.45, 2.75) is 83.4 Å². The van der Waals surface area contributed by atoms with E-state index in [9.17, 15) is 14.4 Å². The van der Waals surface area contributed by atoms with Crippen LogP contribution in [0.1, 0.15) is 88.1 Å². The Hall–Kier alpha value is -3.30. The maximum absolute atomic E-state index is 14.0. The Balaban J connectivity index is 1.26. The van der Waals surface area contributed by atoms with Gasteiger partial charge in [0.25, 0.3) is 11.8 Å². The molecule has 2 aromatic rings. The molecule has 0 saturated carbocycles. The molecule has 2 saturated heterocycles. The predicted octanol–water partition coefficient (Wildman–Crippen LogP) is 6.20. The minimum absolute atomic E-state index is 0.0246. The molecule has 238 valence electrons. The van der Waals surface area contributed by atoms with Gasteiger partial charge in [0, 0.05) is 30.2 Å². The van der Waals surface area contributed by atoms with Gasteiger partial charge in [0.15, 0.2) is 6.61 Å². The zero-order valence-electron chi connectivity index (χ0n) is 26.4. The van der Waals surface area contributed by atoms with Gasteiger partial charge in [-0.25, -0.2) is 4.79 Å². The molecular formula is C34H45ClN4O5. The van der Waals surface area contributed by atoms with E-state index in [1.165, 1.54) is 0 Å². The molecule has 44 heavy (non-hydrogen) atoms. The second-order valence-corrected chi connectivity index (χ2v) is 13.5. The summed E-state index contributed by atoms with van der Waals surface area (Å²) >= 11 is 6.44. The first-order valence-corrected chi connectivity index (χ1v) is 16.2. The van der Waals surface area contributed by atoms with Crippen molar-refractivity contribution >= 4 is 35.2 Å². The fourth-order valence-corrected chi connectivity index (χ4v) is 6.85. The summed E-state index contributed by atoms with van der Waals surface area (Å²) in [5, 5.41) is 3.77. The van der Waals surface area contributed by atoms with Gasteiger partial charge in [0.1, 0.15) is 17.0 Å². The van der Waals surface area contributed by atoms with Crippen molar-refractivity contribution in [1.29, 1.82) is 0 Å². The Bertz CT molecular complexity index is 1370. The second-order valence-electron chi connectivity index (χ2n) is 13.1. The van der Waals surface area contributed by atoms with E-state index in [2.05, 4.69) is 10.2 Å². The van der Waals surface area contributed by atoms with Gasteiger partial charge >= 0.3 is 6.09 Å². The second kappa shape index (κ2) is 13.4. The summed E-state index contributed by atoms with van der Waals surface area (Å²) in [5.41, 5.74) is 0.915. The number of nitrogens with zero attached hydrogens (tertiary/aromatic N) is 3. The van der Waals surface area contributed by atoms with Crippen molar-refractivity contribution in [3.63, 3.8) is 0 Å². The average molecular weight is 625 g/mol. The van der Waals surface area contributed by atoms with Gasteiger partial charge in [0.2, 0.25) is 0 Å². The standard InChI is InChI=1S/C34H45ClN4O5/c1-5-34(16-8-9-17-39(34)32(42)44-33(2,3)4)36-31(41)27-22-25(35)12-13-26(27)24-14-18-37(19-15-24)20-21-38-28-10-6-7-11-29(28)43-23-30(38)40/h6-7,10-13,22,24H,5,8-9,14-21,23H2,1-4H3,(H,36,41). The first kappa shape index (κ1) is 32.1. The van der Waals surface area contributed by atoms with E-state index >= 15 is 0 Å². The maximum atomic E-state index is 14.0. The van der Waals surface area contributed by atoms with Crippen LogP contribution in [0.3, 0.4) is 0 Å². The van der Waals surface area contributed by atoms with Crippen molar-refractivity contribution in [2.75, 3.05) is 44.2 Å². The number of halogens is 1. The lowest BCUT2D eigenvalue weighted by Gasteiger charge is -2.47. The van der Waals surface area contributed by atoms with Gasteiger partial charge in [-0.05, 0) is 108 Å². The summed E-state index contributed by atoms with van der Waals surface area (Å²) in [4.78, 5) is 45.8. The lowest BCUT2D eigenvalue weighted by molar-refractivity contribution is -0.121. The van der Waals surface area contributed by atoms with Crippen molar-refractivity contribution in [3.05, 3.63) is 58.6 Å². The predicted molar refractivity (Wildman–Crippen MR) is 171 cm³/mol. The highest BCUT2D eigenvalue weighted by Crippen LogP contribution is 2.35. The third-order valence-corrected chi connectivity index (χ3v) is 9.25. The number of nitrogens with one attached hydrogen (secondary N) is 1. The number of ether oxygens (including phenoxy) is 2.